The number of halogens is 1. The number of rotatable bonds is 2. The van der Waals surface area contributed by atoms with Gasteiger partial charge in [-0.05, 0) is 38.0 Å². The Morgan fingerprint density at radius 2 is 1.92 bits per heavy atom. The number of hydrogen-bond donors (Lipinski definition) is 0. The minimum atomic E-state index is 0. The highest BCUT2D eigenvalue weighted by Gasteiger charge is 2.02. The van der Waals surface area contributed by atoms with Crippen LogP contribution in [-0.2, 0) is 0 Å². The Morgan fingerprint density at radius 1 is 1.31 bits per heavy atom. The molecule has 1 aromatic carbocycles. The summed E-state index contributed by atoms with van der Waals surface area (Å²) in [5.74, 6) is 1.16. The third kappa shape index (κ3) is 3.66. The molecule has 13 heavy (non-hydrogen) atoms. The van der Waals surface area contributed by atoms with Crippen LogP contribution in [0.15, 0.2) is 18.2 Å². The van der Waals surface area contributed by atoms with Crippen molar-refractivity contribution in [3.8, 4) is 5.75 Å². The van der Waals surface area contributed by atoms with Crippen molar-refractivity contribution in [2.75, 3.05) is 0 Å². The summed E-state index contributed by atoms with van der Waals surface area (Å²) in [6.07, 6.45) is 0. The van der Waals surface area contributed by atoms with E-state index in [1.54, 1.807) is 0 Å². The minimum Gasteiger partial charge on any atom is -0.487 e. The predicted molar refractivity (Wildman–Crippen MR) is 66.0 cm³/mol. The summed E-state index contributed by atoms with van der Waals surface area (Å²) in [7, 11) is 2.62. The van der Waals surface area contributed by atoms with E-state index in [2.05, 4.69) is 29.2 Å². The summed E-state index contributed by atoms with van der Waals surface area (Å²) < 4.78 is 5.59. The molecule has 1 rings (SSSR count). The lowest BCUT2D eigenvalue weighted by atomic mass is 10.1. The molecule has 74 valence electrons. The highest BCUT2D eigenvalue weighted by atomic mass is 79.9. The second-order valence-corrected chi connectivity index (χ2v) is 3.96. The first-order valence-electron chi connectivity index (χ1n) is 4.09. The van der Waals surface area contributed by atoms with E-state index in [0.29, 0.717) is 0 Å². The molecule has 0 N–H and O–H groups in total. The van der Waals surface area contributed by atoms with Crippen molar-refractivity contribution in [2.45, 2.75) is 26.6 Å². The molecule has 0 amide bonds. The molecule has 0 aliphatic heterocycles. The van der Waals surface area contributed by atoms with E-state index in [-0.39, 0.29) is 22.8 Å². The zero-order chi connectivity index (χ0) is 9.14. The van der Waals surface area contributed by atoms with Crippen LogP contribution in [0.25, 0.3) is 0 Å². The summed E-state index contributed by atoms with van der Waals surface area (Å²) in [6, 6.07) is 6.11. The van der Waals surface area contributed by atoms with Gasteiger partial charge in [-0.3, -0.25) is 0 Å². The molecule has 1 nitrogen and oxygen atoms in total. The van der Waals surface area contributed by atoms with Crippen molar-refractivity contribution in [1.29, 1.82) is 0 Å². The van der Waals surface area contributed by atoms with E-state index in [0.717, 1.165) is 5.75 Å². The van der Waals surface area contributed by atoms with Crippen molar-refractivity contribution >= 4 is 26.2 Å². The van der Waals surface area contributed by atoms with Gasteiger partial charge < -0.3 is 4.74 Å². The Bertz CT molecular complexity index is 274. The van der Waals surface area contributed by atoms with Crippen LogP contribution in [0.1, 0.15) is 18.1 Å². The molecule has 0 aromatic heterocycles. The molecule has 0 saturated heterocycles. The van der Waals surface area contributed by atoms with E-state index < -0.39 is 0 Å². The molecule has 0 saturated carbocycles. The van der Waals surface area contributed by atoms with Crippen LogP contribution in [-0.4, -0.2) is 5.85 Å². The third-order valence-corrected chi connectivity index (χ3v) is 2.00. The average molecular weight is 263 g/mol. The van der Waals surface area contributed by atoms with Gasteiger partial charge in [0, 0.05) is 0 Å². The van der Waals surface area contributed by atoms with Crippen LogP contribution in [0.5, 0.6) is 5.75 Å². The molecular weight excluding hydrogens is 247 g/mol. The van der Waals surface area contributed by atoms with Gasteiger partial charge >= 0.3 is 0 Å². The van der Waals surface area contributed by atoms with Gasteiger partial charge in [-0.2, -0.15) is 0 Å². The number of ether oxygens (including phenoxy) is 1. The zero-order valence-electron chi connectivity index (χ0n) is 8.20. The Labute approximate surface area is 92.8 Å². The van der Waals surface area contributed by atoms with Gasteiger partial charge in [-0.1, -0.05) is 21.4 Å². The van der Waals surface area contributed by atoms with Gasteiger partial charge in [0.1, 0.15) is 11.6 Å². The largest absolute Gasteiger partial charge is 0.487 e. The highest BCUT2D eigenvalue weighted by Crippen LogP contribution is 2.22. The second kappa shape index (κ2) is 5.62. The number of aryl methyl sites for hydroxylation is 1. The molecule has 3 heteroatoms. The van der Waals surface area contributed by atoms with Gasteiger partial charge in [-0.15, -0.1) is 17.0 Å². The van der Waals surface area contributed by atoms with Crippen molar-refractivity contribution in [1.82, 2.24) is 0 Å². The topological polar surface area (TPSA) is 9.23 Å². The number of benzene rings is 1. The SMILES string of the molecule is Br.Cc1cccc(OC(C)P)c1C. The van der Waals surface area contributed by atoms with Crippen molar-refractivity contribution in [3.63, 3.8) is 0 Å². The fraction of sp³-hybridized carbons (Fsp3) is 0.400. The third-order valence-electron chi connectivity index (χ3n) is 1.87. The van der Waals surface area contributed by atoms with Crippen molar-refractivity contribution < 1.29 is 4.74 Å². The van der Waals surface area contributed by atoms with E-state index >= 15 is 0 Å². The summed E-state index contributed by atoms with van der Waals surface area (Å²) in [4.78, 5) is 0. The lowest BCUT2D eigenvalue weighted by molar-refractivity contribution is 0.305. The molecule has 0 fully saturated rings. The lowest BCUT2D eigenvalue weighted by Gasteiger charge is -2.13. The maximum Gasteiger partial charge on any atom is 0.123 e. The molecule has 2 unspecified atom stereocenters. The molecule has 0 aliphatic carbocycles. The second-order valence-electron chi connectivity index (χ2n) is 3.02. The van der Waals surface area contributed by atoms with Crippen LogP contribution >= 0.6 is 26.2 Å². The standard InChI is InChI=1S/C10H15OP.BrH/c1-7-5-4-6-10(8(7)2)11-9(3)12;/h4-6,9H,12H2,1-3H3;1H. The van der Waals surface area contributed by atoms with Gasteiger partial charge in [0.2, 0.25) is 0 Å². The quantitative estimate of drug-likeness (QED) is 0.742. The molecular formula is C10H16BrOP. The van der Waals surface area contributed by atoms with E-state index in [4.69, 9.17) is 4.74 Å². The van der Waals surface area contributed by atoms with E-state index in [1.807, 2.05) is 19.1 Å². The Hall–Kier alpha value is -0.0700. The molecule has 0 radical (unpaired) electrons. The molecule has 2 atom stereocenters. The van der Waals surface area contributed by atoms with Gasteiger partial charge in [0.15, 0.2) is 0 Å². The molecule has 0 aliphatic rings. The Kier molecular flexibility index (Phi) is 5.59. The van der Waals surface area contributed by atoms with Crippen LogP contribution in [0.3, 0.4) is 0 Å². The summed E-state index contributed by atoms with van der Waals surface area (Å²) in [5.41, 5.74) is 2.50. The van der Waals surface area contributed by atoms with E-state index in [1.165, 1.54) is 11.1 Å². The first kappa shape index (κ1) is 12.9. The summed E-state index contributed by atoms with van der Waals surface area (Å²) in [6.45, 7) is 6.18. The molecule has 0 heterocycles. The normalized spacial score (nSPS) is 11.7. The first-order chi connectivity index (χ1) is 5.61. The fourth-order valence-corrected chi connectivity index (χ4v) is 1.20. The zero-order valence-corrected chi connectivity index (χ0v) is 11.1. The van der Waals surface area contributed by atoms with E-state index in [9.17, 15) is 0 Å². The molecule has 1 aromatic rings. The highest BCUT2D eigenvalue weighted by molar-refractivity contribution is 8.93. The van der Waals surface area contributed by atoms with Crippen LogP contribution in [0, 0.1) is 13.8 Å². The lowest BCUT2D eigenvalue weighted by Crippen LogP contribution is -2.03. The molecule has 0 spiro atoms. The first-order valence-corrected chi connectivity index (χ1v) is 4.76. The maximum absolute atomic E-state index is 5.59. The van der Waals surface area contributed by atoms with Gasteiger partial charge in [0.25, 0.3) is 0 Å². The minimum absolute atomic E-state index is 0. The molecule has 0 bridgehead atoms. The summed E-state index contributed by atoms with van der Waals surface area (Å²) >= 11 is 0. The predicted octanol–water partition coefficient (Wildman–Crippen LogP) is 3.48. The van der Waals surface area contributed by atoms with Crippen LogP contribution in [0.2, 0.25) is 0 Å². The van der Waals surface area contributed by atoms with Gasteiger partial charge in [-0.25, -0.2) is 0 Å². The summed E-state index contributed by atoms with van der Waals surface area (Å²) in [5, 5.41) is 0. The van der Waals surface area contributed by atoms with Crippen molar-refractivity contribution in [2.24, 2.45) is 0 Å². The number of hydrogen-bond acceptors (Lipinski definition) is 1. The fourth-order valence-electron chi connectivity index (χ4n) is 1.05. The van der Waals surface area contributed by atoms with Crippen LogP contribution < -0.4 is 4.74 Å². The average Bonchev–Trinajstić information content (AvgIpc) is 1.98. The smallest absolute Gasteiger partial charge is 0.123 e. The van der Waals surface area contributed by atoms with Crippen molar-refractivity contribution in [3.05, 3.63) is 29.3 Å². The Balaban J connectivity index is 0.00000144. The maximum atomic E-state index is 5.59. The Morgan fingerprint density at radius 3 is 2.46 bits per heavy atom. The van der Waals surface area contributed by atoms with Gasteiger partial charge in [0.05, 0.1) is 0 Å². The monoisotopic (exact) mass is 262 g/mol. The van der Waals surface area contributed by atoms with Crippen LogP contribution in [0.4, 0.5) is 0 Å².